The Morgan fingerprint density at radius 1 is 1.32 bits per heavy atom. The van der Waals surface area contributed by atoms with Crippen LogP contribution < -0.4 is 15.5 Å². The van der Waals surface area contributed by atoms with Gasteiger partial charge in [0.25, 0.3) is 5.91 Å². The predicted molar refractivity (Wildman–Crippen MR) is 93.8 cm³/mol. The summed E-state index contributed by atoms with van der Waals surface area (Å²) in [6.45, 7) is 1.39. The van der Waals surface area contributed by atoms with Crippen LogP contribution in [0.1, 0.15) is 28.9 Å². The summed E-state index contributed by atoms with van der Waals surface area (Å²) in [4.78, 5) is 24.8. The monoisotopic (exact) mass is 342 g/mol. The van der Waals surface area contributed by atoms with Crippen molar-refractivity contribution in [2.75, 3.05) is 13.2 Å². The molecular formula is C19H22N2O4. The van der Waals surface area contributed by atoms with Crippen LogP contribution in [0.5, 0.6) is 5.75 Å². The van der Waals surface area contributed by atoms with Crippen LogP contribution in [0.15, 0.2) is 47.4 Å². The van der Waals surface area contributed by atoms with E-state index in [1.54, 1.807) is 17.8 Å². The lowest BCUT2D eigenvalue weighted by Gasteiger charge is -2.16. The van der Waals surface area contributed by atoms with Gasteiger partial charge in [-0.05, 0) is 18.4 Å². The fourth-order valence-electron chi connectivity index (χ4n) is 2.83. The molecule has 0 saturated carbocycles. The molecule has 1 aliphatic rings. The molecule has 1 aliphatic heterocycles. The van der Waals surface area contributed by atoms with E-state index in [1.807, 2.05) is 30.3 Å². The van der Waals surface area contributed by atoms with Crippen LogP contribution in [0, 0.1) is 0 Å². The molecule has 1 amide bonds. The molecule has 0 radical (unpaired) electrons. The van der Waals surface area contributed by atoms with E-state index in [4.69, 9.17) is 9.47 Å². The summed E-state index contributed by atoms with van der Waals surface area (Å²) in [5.74, 6) is -0.266. The van der Waals surface area contributed by atoms with E-state index in [-0.39, 0.29) is 35.5 Å². The number of carbonyl (C=O) groups is 1. The van der Waals surface area contributed by atoms with E-state index in [0.29, 0.717) is 6.54 Å². The highest BCUT2D eigenvalue weighted by molar-refractivity contribution is 5.95. The number of carbonyl (C=O) groups excluding carboxylic acids is 1. The van der Waals surface area contributed by atoms with Crippen molar-refractivity contribution in [2.24, 2.45) is 7.05 Å². The maximum atomic E-state index is 12.6. The average Bonchev–Trinajstić information content (AvgIpc) is 3.15. The highest BCUT2D eigenvalue weighted by atomic mass is 16.5. The number of amides is 1. The highest BCUT2D eigenvalue weighted by Crippen LogP contribution is 2.16. The number of nitrogens with one attached hydrogen (secondary N) is 1. The molecule has 1 aromatic heterocycles. The molecular weight excluding hydrogens is 320 g/mol. The van der Waals surface area contributed by atoms with Crippen molar-refractivity contribution < 1.29 is 14.3 Å². The van der Waals surface area contributed by atoms with Gasteiger partial charge in [-0.1, -0.05) is 30.3 Å². The molecule has 1 atom stereocenters. The van der Waals surface area contributed by atoms with E-state index in [2.05, 4.69) is 5.32 Å². The van der Waals surface area contributed by atoms with E-state index in [9.17, 15) is 9.59 Å². The average molecular weight is 342 g/mol. The smallest absolute Gasteiger partial charge is 0.272 e. The summed E-state index contributed by atoms with van der Waals surface area (Å²) >= 11 is 0. The van der Waals surface area contributed by atoms with Crippen molar-refractivity contribution in [3.05, 3.63) is 64.1 Å². The number of pyridine rings is 1. The lowest BCUT2D eigenvalue weighted by Crippen LogP contribution is -2.34. The lowest BCUT2D eigenvalue weighted by molar-refractivity contribution is 0.0845. The van der Waals surface area contributed by atoms with Crippen LogP contribution in [0.3, 0.4) is 0 Å². The minimum atomic E-state index is -0.334. The van der Waals surface area contributed by atoms with Crippen LogP contribution in [0.4, 0.5) is 0 Å². The molecule has 1 unspecified atom stereocenters. The minimum Gasteiger partial charge on any atom is -0.483 e. The molecule has 6 heteroatoms. The minimum absolute atomic E-state index is 0.0402. The zero-order valence-corrected chi connectivity index (χ0v) is 14.2. The Morgan fingerprint density at radius 2 is 2.12 bits per heavy atom. The Morgan fingerprint density at radius 3 is 2.84 bits per heavy atom. The van der Waals surface area contributed by atoms with Crippen molar-refractivity contribution in [3.8, 4) is 5.75 Å². The van der Waals surface area contributed by atoms with Crippen molar-refractivity contribution in [1.82, 2.24) is 9.88 Å². The number of nitrogens with zero attached hydrogens (tertiary/aromatic N) is 1. The summed E-state index contributed by atoms with van der Waals surface area (Å²) in [7, 11) is 1.72. The van der Waals surface area contributed by atoms with Gasteiger partial charge in [-0.3, -0.25) is 9.59 Å². The molecule has 6 nitrogen and oxygen atoms in total. The van der Waals surface area contributed by atoms with Crippen molar-refractivity contribution in [1.29, 1.82) is 0 Å². The largest absolute Gasteiger partial charge is 0.483 e. The van der Waals surface area contributed by atoms with Crippen LogP contribution >= 0.6 is 0 Å². The second-order valence-electron chi connectivity index (χ2n) is 6.09. The number of aryl methyl sites for hydroxylation is 1. The van der Waals surface area contributed by atoms with Crippen LogP contribution in [-0.4, -0.2) is 29.7 Å². The van der Waals surface area contributed by atoms with Crippen LogP contribution in [-0.2, 0) is 18.4 Å². The van der Waals surface area contributed by atoms with Crippen molar-refractivity contribution in [3.63, 3.8) is 0 Å². The standard InChI is InChI=1S/C19H22N2O4/c1-21-10-9-16(22)18(25-13-14-6-3-2-4-7-14)17(21)19(23)20-12-15-8-5-11-24-15/h2-4,6-7,9-10,15H,5,8,11-13H2,1H3,(H,20,23). The SMILES string of the molecule is Cn1ccc(=O)c(OCc2ccccc2)c1C(=O)NCC1CCCO1. The van der Waals surface area contributed by atoms with Gasteiger partial charge in [-0.15, -0.1) is 0 Å². The maximum absolute atomic E-state index is 12.6. The fraction of sp³-hybridized carbons (Fsp3) is 0.368. The van der Waals surface area contributed by atoms with Gasteiger partial charge < -0.3 is 19.4 Å². The van der Waals surface area contributed by atoms with Crippen molar-refractivity contribution in [2.45, 2.75) is 25.6 Å². The van der Waals surface area contributed by atoms with Gasteiger partial charge >= 0.3 is 0 Å². The molecule has 0 aliphatic carbocycles. The zero-order valence-electron chi connectivity index (χ0n) is 14.2. The van der Waals surface area contributed by atoms with Gasteiger partial charge in [0.1, 0.15) is 6.61 Å². The predicted octanol–water partition coefficient (Wildman–Crippen LogP) is 1.87. The third-order valence-corrected chi connectivity index (χ3v) is 4.20. The first kappa shape index (κ1) is 17.2. The molecule has 2 heterocycles. The van der Waals surface area contributed by atoms with Gasteiger partial charge in [0.2, 0.25) is 5.43 Å². The van der Waals surface area contributed by atoms with Crippen LogP contribution in [0.25, 0.3) is 0 Å². The third kappa shape index (κ3) is 4.28. The molecule has 1 aromatic carbocycles. The Labute approximate surface area is 146 Å². The number of ether oxygens (including phenoxy) is 2. The number of rotatable bonds is 6. The second-order valence-corrected chi connectivity index (χ2v) is 6.09. The van der Waals surface area contributed by atoms with Gasteiger partial charge in [0.05, 0.1) is 6.10 Å². The lowest BCUT2D eigenvalue weighted by atomic mass is 10.2. The first-order chi connectivity index (χ1) is 12.1. The maximum Gasteiger partial charge on any atom is 0.272 e. The summed E-state index contributed by atoms with van der Waals surface area (Å²) in [6.07, 6.45) is 3.55. The van der Waals surface area contributed by atoms with Gasteiger partial charge in [-0.2, -0.15) is 0 Å². The number of hydrogen-bond acceptors (Lipinski definition) is 4. The molecule has 25 heavy (non-hydrogen) atoms. The Bertz CT molecular complexity index is 780. The van der Waals surface area contributed by atoms with Gasteiger partial charge in [0, 0.05) is 32.5 Å². The Balaban J connectivity index is 1.76. The quantitative estimate of drug-likeness (QED) is 0.870. The number of aromatic nitrogens is 1. The zero-order chi connectivity index (χ0) is 17.6. The molecule has 3 rings (SSSR count). The topological polar surface area (TPSA) is 69.6 Å². The molecule has 1 N–H and O–H groups in total. The summed E-state index contributed by atoms with van der Waals surface area (Å²) in [6, 6.07) is 10.9. The molecule has 0 bridgehead atoms. The van der Waals surface area contributed by atoms with Crippen LogP contribution in [0.2, 0.25) is 0 Å². The number of benzene rings is 1. The third-order valence-electron chi connectivity index (χ3n) is 4.20. The molecule has 1 saturated heterocycles. The number of hydrogen-bond donors (Lipinski definition) is 1. The summed E-state index contributed by atoms with van der Waals surface area (Å²) < 4.78 is 12.8. The second kappa shape index (κ2) is 7.98. The molecule has 2 aromatic rings. The van der Waals surface area contributed by atoms with E-state index in [1.165, 1.54) is 6.07 Å². The van der Waals surface area contributed by atoms with Gasteiger partial charge in [0.15, 0.2) is 11.4 Å². The Kier molecular flexibility index (Phi) is 5.50. The van der Waals surface area contributed by atoms with E-state index in [0.717, 1.165) is 25.0 Å². The summed E-state index contributed by atoms with van der Waals surface area (Å²) in [5.41, 5.74) is 0.844. The molecule has 0 spiro atoms. The first-order valence-electron chi connectivity index (χ1n) is 8.41. The molecule has 1 fully saturated rings. The molecule has 132 valence electrons. The first-order valence-corrected chi connectivity index (χ1v) is 8.41. The normalized spacial score (nSPS) is 16.6. The van der Waals surface area contributed by atoms with E-state index < -0.39 is 0 Å². The summed E-state index contributed by atoms with van der Waals surface area (Å²) in [5, 5.41) is 2.84. The fourth-order valence-corrected chi connectivity index (χ4v) is 2.83. The highest BCUT2D eigenvalue weighted by Gasteiger charge is 2.21. The Hall–Kier alpha value is -2.60. The van der Waals surface area contributed by atoms with Gasteiger partial charge in [-0.25, -0.2) is 0 Å². The van der Waals surface area contributed by atoms with E-state index >= 15 is 0 Å². The van der Waals surface area contributed by atoms with Crippen molar-refractivity contribution >= 4 is 5.91 Å².